The number of anilines is 1. The summed E-state index contributed by atoms with van der Waals surface area (Å²) in [7, 11) is 0. The lowest BCUT2D eigenvalue weighted by Crippen LogP contribution is -2.32. The van der Waals surface area contributed by atoms with Gasteiger partial charge in [-0.05, 0) is 35.9 Å². The molecule has 0 fully saturated rings. The second-order valence-corrected chi connectivity index (χ2v) is 3.94. The van der Waals surface area contributed by atoms with Crippen LogP contribution in [0.25, 0.3) is 5.65 Å². The number of carbonyl (C=O) groups excluding carboxylic acids is 1. The van der Waals surface area contributed by atoms with Gasteiger partial charge in [0, 0.05) is 6.54 Å². The first-order valence-electron chi connectivity index (χ1n) is 6.20. The van der Waals surface area contributed by atoms with Gasteiger partial charge in [0.1, 0.15) is 6.54 Å². The molecule has 2 aromatic rings. The van der Waals surface area contributed by atoms with Gasteiger partial charge in [-0.3, -0.25) is 4.79 Å². The quantitative estimate of drug-likeness (QED) is 0.693. The van der Waals surface area contributed by atoms with Gasteiger partial charge in [0.05, 0.1) is 6.61 Å². The molecular formula is C11H16N6O2. The number of ether oxygens (including phenoxy) is 1. The molecule has 0 aliphatic rings. The molecule has 8 nitrogen and oxygen atoms in total. The zero-order chi connectivity index (χ0) is 13.7. The van der Waals surface area contributed by atoms with E-state index in [1.165, 1.54) is 4.63 Å². The largest absolute Gasteiger partial charge is 0.465 e. The summed E-state index contributed by atoms with van der Waals surface area (Å²) < 4.78 is 6.29. The SMILES string of the molecule is CCCN(CC(=O)OCC)c1ccc2nnnn2n1. The summed E-state index contributed by atoms with van der Waals surface area (Å²) in [6.07, 6.45) is 0.898. The van der Waals surface area contributed by atoms with Gasteiger partial charge in [-0.2, -0.15) is 0 Å². The third kappa shape index (κ3) is 3.15. The van der Waals surface area contributed by atoms with Crippen molar-refractivity contribution < 1.29 is 9.53 Å². The number of rotatable bonds is 6. The maximum atomic E-state index is 11.6. The van der Waals surface area contributed by atoms with Crippen molar-refractivity contribution in [1.82, 2.24) is 25.3 Å². The van der Waals surface area contributed by atoms with E-state index in [1.807, 2.05) is 11.8 Å². The summed E-state index contributed by atoms with van der Waals surface area (Å²) in [5, 5.41) is 15.3. The minimum absolute atomic E-state index is 0.169. The summed E-state index contributed by atoms with van der Waals surface area (Å²) in [5.41, 5.74) is 0.566. The average molecular weight is 264 g/mol. The molecule has 0 radical (unpaired) electrons. The Kier molecular flexibility index (Phi) is 4.22. The Morgan fingerprint density at radius 3 is 3.00 bits per heavy atom. The molecule has 0 saturated heterocycles. The van der Waals surface area contributed by atoms with Crippen molar-refractivity contribution in [2.75, 3.05) is 24.6 Å². The normalized spacial score (nSPS) is 10.6. The Morgan fingerprint density at radius 2 is 2.26 bits per heavy atom. The number of tetrazole rings is 1. The van der Waals surface area contributed by atoms with Crippen LogP contribution in [0.2, 0.25) is 0 Å². The standard InChI is InChI=1S/C11H16N6O2/c1-3-7-16(8-11(18)19-4-2)10-6-5-9-12-14-15-17(9)13-10/h5-6H,3-4,7-8H2,1-2H3. The Hall–Kier alpha value is -2.25. The molecule has 0 aromatic carbocycles. The molecule has 0 amide bonds. The highest BCUT2D eigenvalue weighted by Gasteiger charge is 2.14. The topological polar surface area (TPSA) is 85.5 Å². The third-order valence-electron chi connectivity index (χ3n) is 2.50. The molecule has 0 spiro atoms. The fraction of sp³-hybridized carbons (Fsp3) is 0.545. The van der Waals surface area contributed by atoms with Crippen LogP contribution in [0.5, 0.6) is 0 Å². The van der Waals surface area contributed by atoms with E-state index in [9.17, 15) is 4.79 Å². The van der Waals surface area contributed by atoms with Crippen LogP contribution in [0.15, 0.2) is 12.1 Å². The molecular weight excluding hydrogens is 248 g/mol. The van der Waals surface area contributed by atoms with E-state index in [0.717, 1.165) is 6.42 Å². The van der Waals surface area contributed by atoms with E-state index in [4.69, 9.17) is 4.74 Å². The van der Waals surface area contributed by atoms with Crippen molar-refractivity contribution in [3.05, 3.63) is 12.1 Å². The van der Waals surface area contributed by atoms with E-state index in [1.54, 1.807) is 19.1 Å². The van der Waals surface area contributed by atoms with Gasteiger partial charge in [0.2, 0.25) is 0 Å². The van der Waals surface area contributed by atoms with Crippen molar-refractivity contribution in [3.63, 3.8) is 0 Å². The van der Waals surface area contributed by atoms with Crippen molar-refractivity contribution in [2.45, 2.75) is 20.3 Å². The number of esters is 1. The summed E-state index contributed by atoms with van der Waals surface area (Å²) in [5.74, 6) is 0.379. The summed E-state index contributed by atoms with van der Waals surface area (Å²) in [6, 6.07) is 3.55. The minimum atomic E-state index is -0.269. The number of aromatic nitrogens is 5. The van der Waals surface area contributed by atoms with Gasteiger partial charge in [0.15, 0.2) is 11.5 Å². The molecule has 0 unspecified atom stereocenters. The number of nitrogens with zero attached hydrogens (tertiary/aromatic N) is 6. The van der Waals surface area contributed by atoms with Gasteiger partial charge < -0.3 is 9.64 Å². The highest BCUT2D eigenvalue weighted by Crippen LogP contribution is 2.11. The Bertz CT molecular complexity index is 555. The molecule has 2 rings (SSSR count). The molecule has 0 atom stereocenters. The third-order valence-corrected chi connectivity index (χ3v) is 2.50. The monoisotopic (exact) mass is 264 g/mol. The van der Waals surface area contributed by atoms with Crippen molar-refractivity contribution in [3.8, 4) is 0 Å². The van der Waals surface area contributed by atoms with Crippen molar-refractivity contribution in [2.24, 2.45) is 0 Å². The summed E-state index contributed by atoms with van der Waals surface area (Å²) in [6.45, 7) is 5.07. The zero-order valence-corrected chi connectivity index (χ0v) is 11.0. The molecule has 19 heavy (non-hydrogen) atoms. The average Bonchev–Trinajstić information content (AvgIpc) is 2.85. The Morgan fingerprint density at radius 1 is 1.42 bits per heavy atom. The Balaban J connectivity index is 2.19. The first kappa shape index (κ1) is 13.2. The first-order chi connectivity index (χ1) is 9.24. The highest BCUT2D eigenvalue weighted by atomic mass is 16.5. The summed E-state index contributed by atoms with van der Waals surface area (Å²) in [4.78, 5) is 13.4. The number of carbonyl (C=O) groups is 1. The molecule has 0 aliphatic heterocycles. The Labute approximate surface area is 110 Å². The van der Waals surface area contributed by atoms with Crippen LogP contribution in [-0.4, -0.2) is 50.9 Å². The van der Waals surface area contributed by atoms with Crippen LogP contribution in [0.1, 0.15) is 20.3 Å². The van der Waals surface area contributed by atoms with Gasteiger partial charge in [-0.15, -0.1) is 14.8 Å². The molecule has 8 heteroatoms. The second-order valence-electron chi connectivity index (χ2n) is 3.94. The molecule has 0 N–H and O–H groups in total. The highest BCUT2D eigenvalue weighted by molar-refractivity contribution is 5.75. The number of fused-ring (bicyclic) bond motifs is 1. The van der Waals surface area contributed by atoms with Crippen LogP contribution in [0.3, 0.4) is 0 Å². The minimum Gasteiger partial charge on any atom is -0.465 e. The van der Waals surface area contributed by atoms with Crippen LogP contribution in [-0.2, 0) is 9.53 Å². The first-order valence-corrected chi connectivity index (χ1v) is 6.20. The van der Waals surface area contributed by atoms with Crippen LogP contribution < -0.4 is 4.90 Å². The molecule has 102 valence electrons. The molecule has 0 bridgehead atoms. The van der Waals surface area contributed by atoms with Gasteiger partial charge >= 0.3 is 5.97 Å². The van der Waals surface area contributed by atoms with Crippen LogP contribution in [0, 0.1) is 0 Å². The fourth-order valence-electron chi connectivity index (χ4n) is 1.72. The van der Waals surface area contributed by atoms with Crippen molar-refractivity contribution >= 4 is 17.4 Å². The van der Waals surface area contributed by atoms with E-state index in [2.05, 4.69) is 20.6 Å². The maximum absolute atomic E-state index is 11.6. The number of hydrogen-bond donors (Lipinski definition) is 0. The van der Waals surface area contributed by atoms with Crippen LogP contribution in [0.4, 0.5) is 5.82 Å². The maximum Gasteiger partial charge on any atom is 0.325 e. The lowest BCUT2D eigenvalue weighted by molar-refractivity contribution is -0.141. The molecule has 2 aromatic heterocycles. The lowest BCUT2D eigenvalue weighted by Gasteiger charge is -2.21. The predicted molar refractivity (Wildman–Crippen MR) is 67.7 cm³/mol. The number of hydrogen-bond acceptors (Lipinski definition) is 7. The smallest absolute Gasteiger partial charge is 0.325 e. The second kappa shape index (κ2) is 6.07. The van der Waals surface area contributed by atoms with E-state index >= 15 is 0 Å². The van der Waals surface area contributed by atoms with Gasteiger partial charge in [-0.1, -0.05) is 6.92 Å². The van der Waals surface area contributed by atoms with E-state index in [0.29, 0.717) is 24.6 Å². The van der Waals surface area contributed by atoms with E-state index < -0.39 is 0 Å². The van der Waals surface area contributed by atoms with Crippen LogP contribution >= 0.6 is 0 Å². The lowest BCUT2D eigenvalue weighted by atomic mass is 10.3. The zero-order valence-electron chi connectivity index (χ0n) is 11.0. The van der Waals surface area contributed by atoms with Crippen molar-refractivity contribution in [1.29, 1.82) is 0 Å². The molecule has 0 saturated carbocycles. The van der Waals surface area contributed by atoms with Gasteiger partial charge in [-0.25, -0.2) is 0 Å². The molecule has 2 heterocycles. The summed E-state index contributed by atoms with van der Waals surface area (Å²) >= 11 is 0. The van der Waals surface area contributed by atoms with Gasteiger partial charge in [0.25, 0.3) is 0 Å². The molecule has 0 aliphatic carbocycles. The predicted octanol–water partition coefficient (Wildman–Crippen LogP) is 0.299. The fourth-order valence-corrected chi connectivity index (χ4v) is 1.72. The van der Waals surface area contributed by atoms with E-state index in [-0.39, 0.29) is 12.5 Å².